The van der Waals surface area contributed by atoms with E-state index in [0.717, 1.165) is 31.9 Å². The molecule has 4 aromatic rings. The van der Waals surface area contributed by atoms with Gasteiger partial charge < -0.3 is 4.98 Å². The van der Waals surface area contributed by atoms with E-state index in [1.165, 1.54) is 32.5 Å². The van der Waals surface area contributed by atoms with Crippen molar-refractivity contribution in [2.75, 3.05) is 14.2 Å². The molecule has 4 heterocycles. The molecule has 0 fully saturated rings. The minimum absolute atomic E-state index is 0.189. The van der Waals surface area contributed by atoms with Gasteiger partial charge in [0.25, 0.3) is 11.5 Å². The number of aromatic nitrogens is 4. The molecule has 0 unspecified atom stereocenters. The van der Waals surface area contributed by atoms with Crippen LogP contribution in [0.15, 0.2) is 27.9 Å². The second-order valence-electron chi connectivity index (χ2n) is 7.98. The summed E-state index contributed by atoms with van der Waals surface area (Å²) in [5.74, 6) is -0.435. The van der Waals surface area contributed by atoms with Crippen LogP contribution in [-0.2, 0) is 18.3 Å². The van der Waals surface area contributed by atoms with Gasteiger partial charge in [-0.2, -0.15) is 0 Å². The van der Waals surface area contributed by atoms with Gasteiger partial charge in [0.15, 0.2) is 0 Å². The molecule has 168 valence electrons. The van der Waals surface area contributed by atoms with Gasteiger partial charge in [0, 0.05) is 48.7 Å². The summed E-state index contributed by atoms with van der Waals surface area (Å²) < 4.78 is 2.63. The van der Waals surface area contributed by atoms with E-state index < -0.39 is 17.2 Å². The van der Waals surface area contributed by atoms with Crippen LogP contribution in [0.2, 0.25) is 0 Å². The number of amides is 1. The lowest BCUT2D eigenvalue weighted by Gasteiger charge is -2.15. The van der Waals surface area contributed by atoms with Crippen molar-refractivity contribution in [3.8, 4) is 0 Å². The van der Waals surface area contributed by atoms with Crippen LogP contribution >= 0.6 is 11.3 Å². The summed E-state index contributed by atoms with van der Waals surface area (Å²) in [5, 5.41) is 2.29. The third kappa shape index (κ3) is 3.26. The van der Waals surface area contributed by atoms with Gasteiger partial charge in [-0.3, -0.25) is 23.6 Å². The second kappa shape index (κ2) is 8.03. The van der Waals surface area contributed by atoms with Crippen LogP contribution in [0.1, 0.15) is 46.4 Å². The maximum absolute atomic E-state index is 13.3. The molecule has 9 nitrogen and oxygen atoms in total. The first-order chi connectivity index (χ1) is 15.2. The van der Waals surface area contributed by atoms with Crippen molar-refractivity contribution in [1.29, 1.82) is 0 Å². The van der Waals surface area contributed by atoms with Crippen LogP contribution in [0.3, 0.4) is 0 Å². The fourth-order valence-corrected chi connectivity index (χ4v) is 5.39. The number of hydrogen-bond acceptors (Lipinski definition) is 6. The number of thiophene rings is 1. The van der Waals surface area contributed by atoms with E-state index in [9.17, 15) is 14.4 Å². The first-order valence-corrected chi connectivity index (χ1v) is 11.0. The summed E-state index contributed by atoms with van der Waals surface area (Å²) in [5.41, 5.74) is 2.05. The molecule has 1 N–H and O–H groups in total. The SMILES string of the molecule is CON(C)C(=O)c1c(Cc2c(C)[nH]c3ncccc23)sc2c1c(=O)n(C)c(=O)n2C(C)C. The Morgan fingerprint density at radius 2 is 2.06 bits per heavy atom. The van der Waals surface area contributed by atoms with Crippen molar-refractivity contribution in [3.63, 3.8) is 0 Å². The minimum Gasteiger partial charge on any atom is -0.343 e. The molecule has 0 aliphatic heterocycles. The highest BCUT2D eigenvalue weighted by Gasteiger charge is 2.29. The van der Waals surface area contributed by atoms with Crippen molar-refractivity contribution < 1.29 is 9.63 Å². The van der Waals surface area contributed by atoms with Gasteiger partial charge in [0.2, 0.25) is 0 Å². The average Bonchev–Trinajstić information content (AvgIpc) is 3.28. The van der Waals surface area contributed by atoms with E-state index in [2.05, 4.69) is 9.97 Å². The Morgan fingerprint density at radius 1 is 1.34 bits per heavy atom. The molecule has 0 spiro atoms. The van der Waals surface area contributed by atoms with Crippen molar-refractivity contribution in [1.82, 2.24) is 24.2 Å². The summed E-state index contributed by atoms with van der Waals surface area (Å²) in [6.45, 7) is 5.71. The zero-order valence-corrected chi connectivity index (χ0v) is 19.7. The smallest absolute Gasteiger partial charge is 0.332 e. The number of aromatic amines is 1. The van der Waals surface area contributed by atoms with Crippen molar-refractivity contribution in [2.24, 2.45) is 7.05 Å². The van der Waals surface area contributed by atoms with E-state index in [1.807, 2.05) is 32.9 Å². The van der Waals surface area contributed by atoms with E-state index in [0.29, 0.717) is 16.1 Å². The normalized spacial score (nSPS) is 11.7. The fourth-order valence-electron chi connectivity index (χ4n) is 3.97. The maximum atomic E-state index is 13.3. The van der Waals surface area contributed by atoms with E-state index in [4.69, 9.17) is 4.84 Å². The van der Waals surface area contributed by atoms with E-state index in [-0.39, 0.29) is 17.0 Å². The second-order valence-corrected chi connectivity index (χ2v) is 9.06. The largest absolute Gasteiger partial charge is 0.343 e. The van der Waals surface area contributed by atoms with Gasteiger partial charge in [-0.1, -0.05) is 0 Å². The number of hydrogen-bond donors (Lipinski definition) is 1. The van der Waals surface area contributed by atoms with Gasteiger partial charge in [-0.05, 0) is 38.5 Å². The Kier molecular flexibility index (Phi) is 5.51. The van der Waals surface area contributed by atoms with Crippen molar-refractivity contribution in [3.05, 3.63) is 60.9 Å². The Hall–Kier alpha value is -3.24. The fraction of sp³-hybridized carbons (Fsp3) is 0.364. The first-order valence-electron chi connectivity index (χ1n) is 10.2. The standard InChI is InChI=1S/C22H25N5O4S/c1-11(2)27-21-17(19(28)25(4)22(27)30)16(20(29)26(5)31-6)15(32-21)10-14-12(3)24-18-13(14)8-7-9-23-18/h7-9,11H,10H2,1-6H3,(H,23,24). The topological polar surface area (TPSA) is 102 Å². The molecule has 0 radical (unpaired) electrons. The zero-order valence-electron chi connectivity index (χ0n) is 18.8. The third-order valence-corrected chi connectivity index (χ3v) is 6.90. The summed E-state index contributed by atoms with van der Waals surface area (Å²) in [6.07, 6.45) is 2.12. The van der Waals surface area contributed by atoms with Gasteiger partial charge in [0.05, 0.1) is 18.1 Å². The Labute approximate surface area is 187 Å². The molecule has 0 aromatic carbocycles. The lowest BCUT2D eigenvalue weighted by Crippen LogP contribution is -2.39. The molecule has 10 heteroatoms. The molecule has 0 bridgehead atoms. The van der Waals surface area contributed by atoms with Crippen LogP contribution in [0, 0.1) is 6.92 Å². The number of fused-ring (bicyclic) bond motifs is 2. The van der Waals surface area contributed by atoms with Gasteiger partial charge in [-0.15, -0.1) is 11.3 Å². The highest BCUT2D eigenvalue weighted by Crippen LogP contribution is 2.34. The number of nitrogens with one attached hydrogen (secondary N) is 1. The third-order valence-electron chi connectivity index (χ3n) is 5.71. The Balaban J connectivity index is 2.08. The number of H-pyrrole nitrogens is 1. The highest BCUT2D eigenvalue weighted by atomic mass is 32.1. The lowest BCUT2D eigenvalue weighted by atomic mass is 10.0. The molecule has 0 saturated heterocycles. The van der Waals surface area contributed by atoms with E-state index in [1.54, 1.807) is 10.8 Å². The predicted octanol–water partition coefficient (Wildman–Crippen LogP) is 2.75. The van der Waals surface area contributed by atoms with Gasteiger partial charge >= 0.3 is 5.69 Å². The van der Waals surface area contributed by atoms with Crippen molar-refractivity contribution >= 4 is 38.5 Å². The molecule has 4 aromatic heterocycles. The zero-order chi connectivity index (χ0) is 23.3. The number of carbonyl (C=O) groups is 1. The first kappa shape index (κ1) is 22.0. The molecule has 0 atom stereocenters. The molecular weight excluding hydrogens is 430 g/mol. The number of pyridine rings is 1. The lowest BCUT2D eigenvalue weighted by molar-refractivity contribution is -0.0756. The van der Waals surface area contributed by atoms with Crippen LogP contribution in [0.5, 0.6) is 0 Å². The summed E-state index contributed by atoms with van der Waals surface area (Å²) in [6, 6.07) is 3.65. The number of aryl methyl sites for hydroxylation is 1. The Morgan fingerprint density at radius 3 is 2.72 bits per heavy atom. The maximum Gasteiger partial charge on any atom is 0.332 e. The molecular formula is C22H25N5O4S. The number of rotatable bonds is 5. The van der Waals surface area contributed by atoms with Crippen LogP contribution in [0.4, 0.5) is 0 Å². The van der Waals surface area contributed by atoms with Crippen molar-refractivity contribution in [2.45, 2.75) is 33.2 Å². The summed E-state index contributed by atoms with van der Waals surface area (Å²) >= 11 is 1.30. The van der Waals surface area contributed by atoms with Crippen LogP contribution in [-0.4, -0.2) is 44.2 Å². The molecule has 0 saturated carbocycles. The number of carbonyl (C=O) groups excluding carboxylic acids is 1. The Bertz CT molecular complexity index is 1470. The van der Waals surface area contributed by atoms with Gasteiger partial charge in [-0.25, -0.2) is 14.8 Å². The minimum atomic E-state index is -0.491. The van der Waals surface area contributed by atoms with Crippen LogP contribution < -0.4 is 11.2 Å². The average molecular weight is 456 g/mol. The summed E-state index contributed by atoms with van der Waals surface area (Å²) in [4.78, 5) is 53.4. The highest BCUT2D eigenvalue weighted by molar-refractivity contribution is 7.19. The number of nitrogens with zero attached hydrogens (tertiary/aromatic N) is 4. The predicted molar refractivity (Wildman–Crippen MR) is 124 cm³/mol. The molecule has 0 aliphatic carbocycles. The van der Waals surface area contributed by atoms with Gasteiger partial charge in [0.1, 0.15) is 10.5 Å². The quantitative estimate of drug-likeness (QED) is 0.466. The van der Waals surface area contributed by atoms with E-state index >= 15 is 0 Å². The molecule has 4 rings (SSSR count). The van der Waals surface area contributed by atoms with Crippen LogP contribution in [0.25, 0.3) is 21.3 Å². The molecule has 0 aliphatic rings. The molecule has 1 amide bonds. The number of hydroxylamine groups is 2. The summed E-state index contributed by atoms with van der Waals surface area (Å²) in [7, 11) is 4.33. The molecule has 32 heavy (non-hydrogen) atoms. The monoisotopic (exact) mass is 455 g/mol.